The summed E-state index contributed by atoms with van der Waals surface area (Å²) >= 11 is 0. The molecule has 0 bridgehead atoms. The Labute approximate surface area is 65.3 Å². The highest BCUT2D eigenvalue weighted by atomic mass is 32.4. The molecular weight excluding hydrogens is 189 g/mol. The lowest BCUT2D eigenvalue weighted by Crippen LogP contribution is -2.17. The van der Waals surface area contributed by atoms with Crippen LogP contribution in [0.25, 0.3) is 0 Å². The fraction of sp³-hybridized carbons (Fsp3) is 0.250. The van der Waals surface area contributed by atoms with Gasteiger partial charge in [-0.2, -0.15) is 0 Å². The molecule has 0 rings (SSSR count). The Bertz CT molecular complexity index is 136. The Kier molecular flexibility index (Phi) is 5.39. The predicted molar refractivity (Wildman–Crippen MR) is 49.0 cm³/mol. The molecule has 0 aromatic rings. The van der Waals surface area contributed by atoms with Crippen molar-refractivity contribution in [3.63, 3.8) is 0 Å². The quantitative estimate of drug-likeness (QED) is 0.551. The van der Waals surface area contributed by atoms with Crippen LogP contribution in [0.15, 0.2) is 12.7 Å². The highest BCUT2D eigenvalue weighted by molar-refractivity contribution is 8.41. The molecule has 10 heavy (non-hydrogen) atoms. The van der Waals surface area contributed by atoms with E-state index in [1.807, 2.05) is 0 Å². The van der Waals surface area contributed by atoms with Crippen LogP contribution in [0.4, 0.5) is 0 Å². The van der Waals surface area contributed by atoms with E-state index in [-0.39, 0.29) is 0 Å². The van der Waals surface area contributed by atoms with Gasteiger partial charge < -0.3 is 9.63 Å². The molecule has 0 aromatic heterocycles. The van der Waals surface area contributed by atoms with Gasteiger partial charge >= 0.3 is 5.97 Å². The molecule has 0 amide bonds. The molecule has 0 radical (unpaired) electrons. The first-order valence-electron chi connectivity index (χ1n) is 2.39. The lowest BCUT2D eigenvalue weighted by atomic mass is 10.4. The van der Waals surface area contributed by atoms with Crippen molar-refractivity contribution >= 4 is 31.4 Å². The Morgan fingerprint density at radius 1 is 1.80 bits per heavy atom. The zero-order chi connectivity index (χ0) is 8.15. The molecule has 3 unspecified atom stereocenters. The lowest BCUT2D eigenvalue weighted by Gasteiger charge is -2.10. The SMILES string of the molecule is C=CC(OP(P)P)C(=O)O. The summed E-state index contributed by atoms with van der Waals surface area (Å²) in [6.07, 6.45) is 0.368. The average molecular weight is 198 g/mol. The lowest BCUT2D eigenvalue weighted by molar-refractivity contribution is -0.142. The average Bonchev–Trinajstić information content (AvgIpc) is 1.81. The van der Waals surface area contributed by atoms with Gasteiger partial charge in [0.1, 0.15) is 0 Å². The first kappa shape index (κ1) is 10.5. The molecule has 0 aromatic carbocycles. The van der Waals surface area contributed by atoms with Gasteiger partial charge in [-0.3, -0.25) is 0 Å². The molecule has 0 aliphatic heterocycles. The predicted octanol–water partition coefficient (Wildman–Crippen LogP) is 1.62. The summed E-state index contributed by atoms with van der Waals surface area (Å²) in [5.74, 6) is -1.01. The molecule has 1 N–H and O–H groups in total. The minimum Gasteiger partial charge on any atom is -0.479 e. The Morgan fingerprint density at radius 2 is 2.30 bits per heavy atom. The molecule has 3 atom stereocenters. The number of aliphatic carboxylic acids is 1. The van der Waals surface area contributed by atoms with Gasteiger partial charge in [0.2, 0.25) is 0 Å². The Balaban J connectivity index is 3.83. The van der Waals surface area contributed by atoms with E-state index in [9.17, 15) is 4.79 Å². The van der Waals surface area contributed by atoms with Crippen molar-refractivity contribution in [2.24, 2.45) is 0 Å². The van der Waals surface area contributed by atoms with Crippen LogP contribution in [-0.4, -0.2) is 17.2 Å². The van der Waals surface area contributed by atoms with E-state index >= 15 is 0 Å². The summed E-state index contributed by atoms with van der Waals surface area (Å²) in [6.45, 7) is 3.32. The zero-order valence-electron chi connectivity index (χ0n) is 5.23. The first-order chi connectivity index (χ1) is 4.57. The normalized spacial score (nSPS) is 13.1. The van der Waals surface area contributed by atoms with Gasteiger partial charge in [-0.25, -0.2) is 4.79 Å². The smallest absolute Gasteiger partial charge is 0.337 e. The minimum atomic E-state index is -1.01. The maximum absolute atomic E-state index is 10.3. The number of carbonyl (C=O) groups is 1. The van der Waals surface area contributed by atoms with Crippen molar-refractivity contribution in [3.05, 3.63) is 12.7 Å². The van der Waals surface area contributed by atoms with Gasteiger partial charge in [-0.1, -0.05) is 30.5 Å². The van der Waals surface area contributed by atoms with Gasteiger partial charge in [0, 0.05) is 0 Å². The molecule has 0 heterocycles. The van der Waals surface area contributed by atoms with Crippen LogP contribution in [0, 0.1) is 0 Å². The van der Waals surface area contributed by atoms with Gasteiger partial charge in [0.25, 0.3) is 0 Å². The third-order valence-corrected chi connectivity index (χ3v) is 1.89. The van der Waals surface area contributed by atoms with Gasteiger partial charge in [-0.05, 0) is 0 Å². The largest absolute Gasteiger partial charge is 0.479 e. The van der Waals surface area contributed by atoms with Crippen molar-refractivity contribution in [1.82, 2.24) is 0 Å². The van der Waals surface area contributed by atoms with Crippen LogP contribution in [0.5, 0.6) is 0 Å². The van der Waals surface area contributed by atoms with Crippen molar-refractivity contribution in [1.29, 1.82) is 0 Å². The van der Waals surface area contributed by atoms with E-state index < -0.39 is 19.6 Å². The second-order valence-corrected chi connectivity index (χ2v) is 7.23. The zero-order valence-corrected chi connectivity index (χ0v) is 8.43. The van der Waals surface area contributed by atoms with Crippen LogP contribution < -0.4 is 0 Å². The summed E-state index contributed by atoms with van der Waals surface area (Å²) in [7, 11) is 3.95. The molecule has 3 nitrogen and oxygen atoms in total. The summed E-state index contributed by atoms with van der Waals surface area (Å²) < 4.78 is 4.93. The van der Waals surface area contributed by atoms with Crippen LogP contribution in [0.2, 0.25) is 0 Å². The number of hydrogen-bond acceptors (Lipinski definition) is 2. The van der Waals surface area contributed by atoms with E-state index in [4.69, 9.17) is 9.63 Å². The monoisotopic (exact) mass is 198 g/mol. The summed E-state index contributed by atoms with van der Waals surface area (Å²) in [5.41, 5.74) is 0. The summed E-state index contributed by atoms with van der Waals surface area (Å²) in [5, 5.41) is 8.42. The second-order valence-electron chi connectivity index (χ2n) is 1.46. The van der Waals surface area contributed by atoms with Crippen molar-refractivity contribution in [3.8, 4) is 0 Å². The number of hydrogen-bond donors (Lipinski definition) is 1. The van der Waals surface area contributed by atoms with Crippen molar-refractivity contribution in [2.75, 3.05) is 0 Å². The third kappa shape index (κ3) is 4.30. The van der Waals surface area contributed by atoms with Crippen LogP contribution in [0.1, 0.15) is 0 Å². The van der Waals surface area contributed by atoms with Gasteiger partial charge in [0.05, 0.1) is 7.53 Å². The second kappa shape index (κ2) is 5.16. The van der Waals surface area contributed by atoms with Crippen LogP contribution in [-0.2, 0) is 9.32 Å². The van der Waals surface area contributed by atoms with Crippen LogP contribution >= 0.6 is 25.4 Å². The standard InChI is InChI=1S/C4H9O3P3/c1-2-3(4(5)6)7-10(8)9/h2-3H,1,8-9H2,(H,5,6). The van der Waals surface area contributed by atoms with Crippen molar-refractivity contribution in [2.45, 2.75) is 6.10 Å². The van der Waals surface area contributed by atoms with Crippen molar-refractivity contribution < 1.29 is 14.4 Å². The van der Waals surface area contributed by atoms with Gasteiger partial charge in [0.15, 0.2) is 6.10 Å². The fourth-order valence-electron chi connectivity index (χ4n) is 0.320. The first-order valence-corrected chi connectivity index (χ1v) is 6.89. The molecular formula is C4H9O3P3. The minimum absolute atomic E-state index is 0.797. The third-order valence-electron chi connectivity index (χ3n) is 0.693. The van der Waals surface area contributed by atoms with Gasteiger partial charge in [-0.15, -0.1) is 0 Å². The number of carboxylic acid groups (broad SMARTS) is 1. The summed E-state index contributed by atoms with van der Waals surface area (Å²) in [6, 6.07) is 0. The van der Waals surface area contributed by atoms with E-state index in [2.05, 4.69) is 24.4 Å². The molecule has 58 valence electrons. The fourth-order valence-corrected chi connectivity index (χ4v) is 1.55. The Morgan fingerprint density at radius 3 is 2.40 bits per heavy atom. The number of rotatable bonds is 4. The molecule has 6 heteroatoms. The van der Waals surface area contributed by atoms with Crippen LogP contribution in [0.3, 0.4) is 0 Å². The van der Waals surface area contributed by atoms with E-state index in [1.54, 1.807) is 0 Å². The highest BCUT2D eigenvalue weighted by Crippen LogP contribution is 2.54. The van der Waals surface area contributed by atoms with E-state index in [0.29, 0.717) is 0 Å². The van der Waals surface area contributed by atoms with E-state index in [1.165, 1.54) is 6.08 Å². The topological polar surface area (TPSA) is 46.5 Å². The highest BCUT2D eigenvalue weighted by Gasteiger charge is 2.14. The molecule has 0 aliphatic carbocycles. The maximum Gasteiger partial charge on any atom is 0.337 e. The molecule has 0 spiro atoms. The number of carboxylic acids is 1. The molecule has 0 fully saturated rings. The Hall–Kier alpha value is 0.460. The maximum atomic E-state index is 10.3. The van der Waals surface area contributed by atoms with E-state index in [0.717, 1.165) is 0 Å². The molecule has 0 aliphatic rings. The summed E-state index contributed by atoms with van der Waals surface area (Å²) in [4.78, 5) is 10.3. The molecule has 0 saturated heterocycles. The molecule has 0 saturated carbocycles.